The summed E-state index contributed by atoms with van der Waals surface area (Å²) in [6.45, 7) is 4.22. The molecule has 0 bridgehead atoms. The second kappa shape index (κ2) is 6.82. The van der Waals surface area contributed by atoms with Crippen molar-refractivity contribution in [2.75, 3.05) is 19.7 Å². The van der Waals surface area contributed by atoms with E-state index in [9.17, 15) is 18.3 Å². The van der Waals surface area contributed by atoms with Crippen LogP contribution in [0, 0.1) is 5.41 Å². The van der Waals surface area contributed by atoms with Crippen LogP contribution in [0.15, 0.2) is 41.8 Å². The molecule has 2 rings (SSSR count). The molecular weight excluding hydrogens is 318 g/mol. The summed E-state index contributed by atoms with van der Waals surface area (Å²) in [4.78, 5) is 10.9. The number of aliphatic hydroxyl groups is 1. The van der Waals surface area contributed by atoms with Crippen molar-refractivity contribution < 1.29 is 23.4 Å². The molecule has 0 radical (unpaired) electrons. The molecule has 1 atom stereocenters. The molecule has 7 heteroatoms. The van der Waals surface area contributed by atoms with Gasteiger partial charge < -0.3 is 10.2 Å². The first kappa shape index (κ1) is 17.7. The van der Waals surface area contributed by atoms with E-state index in [4.69, 9.17) is 5.11 Å². The third-order valence-electron chi connectivity index (χ3n) is 4.28. The Balaban J connectivity index is 2.28. The van der Waals surface area contributed by atoms with Gasteiger partial charge in [-0.25, -0.2) is 13.2 Å². The molecule has 1 aromatic rings. The maximum absolute atomic E-state index is 12.7. The third kappa shape index (κ3) is 3.63. The Kier molecular flexibility index (Phi) is 5.23. The number of allylic oxidation sites excluding steroid dienone is 1. The van der Waals surface area contributed by atoms with Gasteiger partial charge >= 0.3 is 5.97 Å². The van der Waals surface area contributed by atoms with E-state index in [1.807, 2.05) is 0 Å². The van der Waals surface area contributed by atoms with Crippen LogP contribution in [0.5, 0.6) is 0 Å². The quantitative estimate of drug-likeness (QED) is 0.770. The Hall–Kier alpha value is -1.70. The van der Waals surface area contributed by atoms with Gasteiger partial charge in [-0.15, -0.1) is 6.58 Å². The molecule has 1 heterocycles. The molecule has 1 aliphatic heterocycles. The first-order valence-electron chi connectivity index (χ1n) is 7.40. The molecule has 0 saturated carbocycles. The molecule has 0 aromatic heterocycles. The molecule has 1 aromatic carbocycles. The van der Waals surface area contributed by atoms with Crippen LogP contribution in [-0.2, 0) is 10.0 Å². The SMILES string of the molecule is C=CC[C@@]1(CO)CCCN(S(=O)(=O)c2ccc(C(=O)O)cc2)C1. The monoisotopic (exact) mass is 339 g/mol. The van der Waals surface area contributed by atoms with Gasteiger partial charge in [0.1, 0.15) is 0 Å². The maximum Gasteiger partial charge on any atom is 0.335 e. The molecule has 0 amide bonds. The highest BCUT2D eigenvalue weighted by molar-refractivity contribution is 7.89. The lowest BCUT2D eigenvalue weighted by Crippen LogP contribution is -2.47. The predicted octanol–water partition coefficient (Wildman–Crippen LogP) is 1.72. The number of aromatic carboxylic acids is 1. The fraction of sp³-hybridized carbons (Fsp3) is 0.438. The zero-order valence-electron chi connectivity index (χ0n) is 12.8. The van der Waals surface area contributed by atoms with E-state index in [1.54, 1.807) is 6.08 Å². The van der Waals surface area contributed by atoms with Crippen LogP contribution in [-0.4, -0.2) is 48.6 Å². The highest BCUT2D eigenvalue weighted by Gasteiger charge is 2.39. The molecule has 1 fully saturated rings. The Labute approximate surface area is 136 Å². The third-order valence-corrected chi connectivity index (χ3v) is 6.14. The minimum absolute atomic E-state index is 0.0407. The number of hydrogen-bond acceptors (Lipinski definition) is 4. The summed E-state index contributed by atoms with van der Waals surface area (Å²) in [5.74, 6) is -1.10. The van der Waals surface area contributed by atoms with Gasteiger partial charge in [0.15, 0.2) is 0 Å². The number of aliphatic hydroxyl groups excluding tert-OH is 1. The standard InChI is InChI=1S/C16H21NO5S/c1-2-8-16(12-18)9-3-10-17(11-16)23(21,22)14-6-4-13(5-7-14)15(19)20/h2,4-7,18H,1,3,8-12H2,(H,19,20)/t16-/m1/s1. The number of carbonyl (C=O) groups is 1. The Morgan fingerprint density at radius 1 is 1.35 bits per heavy atom. The van der Waals surface area contributed by atoms with Gasteiger partial charge in [0, 0.05) is 18.5 Å². The van der Waals surface area contributed by atoms with Gasteiger partial charge in [0.05, 0.1) is 17.1 Å². The second-order valence-electron chi connectivity index (χ2n) is 5.92. The van der Waals surface area contributed by atoms with E-state index in [-0.39, 0.29) is 23.6 Å². The molecular formula is C16H21NO5S. The van der Waals surface area contributed by atoms with Gasteiger partial charge in [-0.3, -0.25) is 0 Å². The summed E-state index contributed by atoms with van der Waals surface area (Å²) in [6.07, 6.45) is 3.67. The molecule has 1 saturated heterocycles. The first-order valence-corrected chi connectivity index (χ1v) is 8.84. The summed E-state index contributed by atoms with van der Waals surface area (Å²) in [6, 6.07) is 5.17. The van der Waals surface area contributed by atoms with Crippen LogP contribution in [0.2, 0.25) is 0 Å². The lowest BCUT2D eigenvalue weighted by Gasteiger charge is -2.40. The van der Waals surface area contributed by atoms with Crippen molar-refractivity contribution in [1.29, 1.82) is 0 Å². The van der Waals surface area contributed by atoms with E-state index < -0.39 is 21.4 Å². The van der Waals surface area contributed by atoms with Gasteiger partial charge in [0.2, 0.25) is 10.0 Å². The number of rotatable bonds is 6. The Morgan fingerprint density at radius 3 is 2.52 bits per heavy atom. The van der Waals surface area contributed by atoms with Crippen LogP contribution in [0.1, 0.15) is 29.6 Å². The average Bonchev–Trinajstić information content (AvgIpc) is 2.55. The normalized spacial score (nSPS) is 22.7. The number of nitrogens with zero attached hydrogens (tertiary/aromatic N) is 1. The van der Waals surface area contributed by atoms with E-state index in [0.717, 1.165) is 6.42 Å². The van der Waals surface area contributed by atoms with Crippen molar-refractivity contribution in [3.8, 4) is 0 Å². The fourth-order valence-corrected chi connectivity index (χ4v) is 4.54. The fourth-order valence-electron chi connectivity index (χ4n) is 2.95. The van der Waals surface area contributed by atoms with Crippen molar-refractivity contribution in [2.45, 2.75) is 24.2 Å². The van der Waals surface area contributed by atoms with Gasteiger partial charge in [-0.1, -0.05) is 6.08 Å². The number of hydrogen-bond donors (Lipinski definition) is 2. The van der Waals surface area contributed by atoms with Gasteiger partial charge in [-0.2, -0.15) is 4.31 Å². The molecule has 6 nitrogen and oxygen atoms in total. The van der Waals surface area contributed by atoms with Gasteiger partial charge in [0.25, 0.3) is 0 Å². The average molecular weight is 339 g/mol. The molecule has 1 aliphatic rings. The molecule has 2 N–H and O–H groups in total. The maximum atomic E-state index is 12.7. The smallest absolute Gasteiger partial charge is 0.335 e. The summed E-state index contributed by atoms with van der Waals surface area (Å²) >= 11 is 0. The van der Waals surface area contributed by atoms with Crippen LogP contribution < -0.4 is 0 Å². The molecule has 0 aliphatic carbocycles. The largest absolute Gasteiger partial charge is 0.478 e. The number of sulfonamides is 1. The highest BCUT2D eigenvalue weighted by Crippen LogP contribution is 2.35. The minimum Gasteiger partial charge on any atom is -0.478 e. The lowest BCUT2D eigenvalue weighted by molar-refractivity contribution is 0.0669. The van der Waals surface area contributed by atoms with Gasteiger partial charge in [-0.05, 0) is 43.5 Å². The molecule has 23 heavy (non-hydrogen) atoms. The highest BCUT2D eigenvalue weighted by atomic mass is 32.2. The minimum atomic E-state index is -3.71. The zero-order chi connectivity index (χ0) is 17.1. The van der Waals surface area contributed by atoms with Crippen molar-refractivity contribution in [3.63, 3.8) is 0 Å². The number of carboxylic acid groups (broad SMARTS) is 1. The summed E-state index contributed by atoms with van der Waals surface area (Å²) in [5.41, 5.74) is -0.451. The molecule has 0 unspecified atom stereocenters. The van der Waals surface area contributed by atoms with E-state index in [0.29, 0.717) is 19.4 Å². The number of carboxylic acids is 1. The van der Waals surface area contributed by atoms with Crippen molar-refractivity contribution in [1.82, 2.24) is 4.31 Å². The van der Waals surface area contributed by atoms with E-state index >= 15 is 0 Å². The topological polar surface area (TPSA) is 94.9 Å². The molecule has 126 valence electrons. The summed E-state index contributed by atoms with van der Waals surface area (Å²) in [5, 5.41) is 18.6. The zero-order valence-corrected chi connectivity index (χ0v) is 13.6. The molecule has 0 spiro atoms. The van der Waals surface area contributed by atoms with Crippen molar-refractivity contribution in [3.05, 3.63) is 42.5 Å². The number of piperidine rings is 1. The first-order chi connectivity index (χ1) is 10.8. The van der Waals surface area contributed by atoms with Crippen LogP contribution in [0.3, 0.4) is 0 Å². The second-order valence-corrected chi connectivity index (χ2v) is 7.86. The lowest BCUT2D eigenvalue weighted by atomic mass is 9.79. The van der Waals surface area contributed by atoms with Crippen LogP contribution >= 0.6 is 0 Å². The van der Waals surface area contributed by atoms with Crippen molar-refractivity contribution >= 4 is 16.0 Å². The number of benzene rings is 1. The van der Waals surface area contributed by atoms with Crippen LogP contribution in [0.25, 0.3) is 0 Å². The summed E-state index contributed by atoms with van der Waals surface area (Å²) in [7, 11) is -3.71. The Bertz CT molecular complexity index is 683. The predicted molar refractivity (Wildman–Crippen MR) is 85.7 cm³/mol. The van der Waals surface area contributed by atoms with Crippen LogP contribution in [0.4, 0.5) is 0 Å². The van der Waals surface area contributed by atoms with E-state index in [1.165, 1.54) is 28.6 Å². The van der Waals surface area contributed by atoms with Crippen molar-refractivity contribution in [2.24, 2.45) is 5.41 Å². The van der Waals surface area contributed by atoms with E-state index in [2.05, 4.69) is 6.58 Å². The summed E-state index contributed by atoms with van der Waals surface area (Å²) < 4.78 is 26.9. The Morgan fingerprint density at radius 2 is 2.00 bits per heavy atom.